The lowest BCUT2D eigenvalue weighted by molar-refractivity contribution is 0.250. The zero-order chi connectivity index (χ0) is 11.3. The molecule has 1 rings (SSSR count). The molecular formula is C11H16BrNO2. The van der Waals surface area contributed by atoms with E-state index in [4.69, 9.17) is 9.84 Å². The maximum absolute atomic E-state index is 8.88. The first-order chi connectivity index (χ1) is 7.17. The van der Waals surface area contributed by atoms with Crippen molar-refractivity contribution in [2.45, 2.75) is 19.5 Å². The SMILES string of the molecule is COc1cc(Br)ccc1CN[C@@H](C)CO. The fourth-order valence-electron chi connectivity index (χ4n) is 1.21. The number of aliphatic hydroxyl groups excluding tert-OH is 1. The van der Waals surface area contributed by atoms with Crippen LogP contribution in [0.3, 0.4) is 0 Å². The number of halogens is 1. The molecule has 84 valence electrons. The summed E-state index contributed by atoms with van der Waals surface area (Å²) < 4.78 is 6.26. The maximum atomic E-state index is 8.88. The normalized spacial score (nSPS) is 12.5. The van der Waals surface area contributed by atoms with Crippen molar-refractivity contribution in [3.63, 3.8) is 0 Å². The third-order valence-electron chi connectivity index (χ3n) is 2.16. The quantitative estimate of drug-likeness (QED) is 0.862. The van der Waals surface area contributed by atoms with Gasteiger partial charge in [0, 0.05) is 22.6 Å². The standard InChI is InChI=1S/C11H16BrNO2/c1-8(7-14)13-6-9-3-4-10(12)5-11(9)15-2/h3-5,8,13-14H,6-7H2,1-2H3/t8-/m0/s1. The fourth-order valence-corrected chi connectivity index (χ4v) is 1.55. The fraction of sp³-hybridized carbons (Fsp3) is 0.455. The van der Waals surface area contributed by atoms with Crippen molar-refractivity contribution in [2.24, 2.45) is 0 Å². The summed E-state index contributed by atoms with van der Waals surface area (Å²) in [5, 5.41) is 12.1. The lowest BCUT2D eigenvalue weighted by Gasteiger charge is -2.13. The highest BCUT2D eigenvalue weighted by Gasteiger charge is 2.05. The van der Waals surface area contributed by atoms with Crippen molar-refractivity contribution in [1.29, 1.82) is 0 Å². The molecule has 1 atom stereocenters. The van der Waals surface area contributed by atoms with Crippen LogP contribution in [0.25, 0.3) is 0 Å². The molecule has 1 aromatic carbocycles. The van der Waals surface area contributed by atoms with Gasteiger partial charge in [-0.3, -0.25) is 0 Å². The van der Waals surface area contributed by atoms with E-state index < -0.39 is 0 Å². The monoisotopic (exact) mass is 273 g/mol. The Kier molecular flexibility index (Phi) is 5.08. The van der Waals surface area contributed by atoms with Crippen molar-refractivity contribution in [3.8, 4) is 5.75 Å². The molecular weight excluding hydrogens is 258 g/mol. The van der Waals surface area contributed by atoms with Crippen LogP contribution in [0.2, 0.25) is 0 Å². The van der Waals surface area contributed by atoms with Gasteiger partial charge in [0.25, 0.3) is 0 Å². The first-order valence-electron chi connectivity index (χ1n) is 4.84. The van der Waals surface area contributed by atoms with Gasteiger partial charge in [-0.15, -0.1) is 0 Å². The minimum atomic E-state index is 0.0957. The molecule has 0 amide bonds. The number of nitrogens with one attached hydrogen (secondary N) is 1. The molecule has 0 bridgehead atoms. The number of benzene rings is 1. The van der Waals surface area contributed by atoms with Crippen LogP contribution in [0.15, 0.2) is 22.7 Å². The molecule has 0 aliphatic carbocycles. The number of ether oxygens (including phenoxy) is 1. The van der Waals surface area contributed by atoms with Crippen LogP contribution in [0.4, 0.5) is 0 Å². The molecule has 0 saturated heterocycles. The van der Waals surface area contributed by atoms with Gasteiger partial charge >= 0.3 is 0 Å². The zero-order valence-electron chi connectivity index (χ0n) is 8.96. The molecule has 0 fully saturated rings. The molecule has 0 unspecified atom stereocenters. The van der Waals surface area contributed by atoms with Crippen molar-refractivity contribution >= 4 is 15.9 Å². The Hall–Kier alpha value is -0.580. The van der Waals surface area contributed by atoms with Crippen molar-refractivity contribution in [1.82, 2.24) is 5.32 Å². The second-order valence-corrected chi connectivity index (χ2v) is 4.34. The van der Waals surface area contributed by atoms with E-state index in [0.717, 1.165) is 15.8 Å². The van der Waals surface area contributed by atoms with Crippen molar-refractivity contribution < 1.29 is 9.84 Å². The van der Waals surface area contributed by atoms with Crippen LogP contribution < -0.4 is 10.1 Å². The molecule has 15 heavy (non-hydrogen) atoms. The van der Waals surface area contributed by atoms with E-state index in [9.17, 15) is 0 Å². The average molecular weight is 274 g/mol. The summed E-state index contributed by atoms with van der Waals surface area (Å²) in [4.78, 5) is 0. The van der Waals surface area contributed by atoms with E-state index in [2.05, 4.69) is 21.2 Å². The Balaban J connectivity index is 2.67. The lowest BCUT2D eigenvalue weighted by Crippen LogP contribution is -2.28. The molecule has 0 aliphatic heterocycles. The van der Waals surface area contributed by atoms with Gasteiger partial charge < -0.3 is 15.2 Å². The van der Waals surface area contributed by atoms with Crippen molar-refractivity contribution in [3.05, 3.63) is 28.2 Å². The second kappa shape index (κ2) is 6.10. The first-order valence-corrected chi connectivity index (χ1v) is 5.63. The Labute approximate surface area is 98.6 Å². The summed E-state index contributed by atoms with van der Waals surface area (Å²) in [5.41, 5.74) is 1.08. The number of aliphatic hydroxyl groups is 1. The molecule has 0 spiro atoms. The van der Waals surface area contributed by atoms with E-state index in [0.29, 0.717) is 6.54 Å². The van der Waals surface area contributed by atoms with E-state index >= 15 is 0 Å². The van der Waals surface area contributed by atoms with E-state index in [1.165, 1.54) is 0 Å². The van der Waals surface area contributed by atoms with Crippen LogP contribution >= 0.6 is 15.9 Å². The predicted octanol–water partition coefficient (Wildman–Crippen LogP) is 1.93. The third-order valence-corrected chi connectivity index (χ3v) is 2.66. The molecule has 1 aromatic rings. The second-order valence-electron chi connectivity index (χ2n) is 3.42. The number of methoxy groups -OCH3 is 1. The largest absolute Gasteiger partial charge is 0.496 e. The van der Waals surface area contributed by atoms with Gasteiger partial charge in [0.1, 0.15) is 5.75 Å². The number of hydrogen-bond donors (Lipinski definition) is 2. The highest BCUT2D eigenvalue weighted by molar-refractivity contribution is 9.10. The van der Waals surface area contributed by atoms with Gasteiger partial charge in [-0.1, -0.05) is 22.0 Å². The van der Waals surface area contributed by atoms with Gasteiger partial charge in [0.05, 0.1) is 13.7 Å². The van der Waals surface area contributed by atoms with Crippen LogP contribution in [-0.2, 0) is 6.54 Å². The van der Waals surface area contributed by atoms with E-state index in [1.54, 1.807) is 7.11 Å². The molecule has 0 radical (unpaired) electrons. The Morgan fingerprint density at radius 1 is 1.53 bits per heavy atom. The summed E-state index contributed by atoms with van der Waals surface area (Å²) in [7, 11) is 1.65. The minimum Gasteiger partial charge on any atom is -0.496 e. The smallest absolute Gasteiger partial charge is 0.124 e. The Bertz CT molecular complexity index is 317. The maximum Gasteiger partial charge on any atom is 0.124 e. The van der Waals surface area contributed by atoms with Gasteiger partial charge in [0.15, 0.2) is 0 Å². The molecule has 0 aliphatic rings. The highest BCUT2D eigenvalue weighted by Crippen LogP contribution is 2.23. The Morgan fingerprint density at radius 3 is 2.87 bits per heavy atom. The van der Waals surface area contributed by atoms with Gasteiger partial charge in [-0.05, 0) is 19.1 Å². The molecule has 0 aromatic heterocycles. The third kappa shape index (κ3) is 3.81. The Morgan fingerprint density at radius 2 is 2.27 bits per heavy atom. The molecule has 2 N–H and O–H groups in total. The van der Waals surface area contributed by atoms with Gasteiger partial charge in [-0.25, -0.2) is 0 Å². The molecule has 0 saturated carbocycles. The van der Waals surface area contributed by atoms with E-state index in [1.807, 2.05) is 25.1 Å². The van der Waals surface area contributed by atoms with Crippen LogP contribution in [0, 0.1) is 0 Å². The topological polar surface area (TPSA) is 41.5 Å². The summed E-state index contributed by atoms with van der Waals surface area (Å²) in [6.45, 7) is 2.77. The minimum absolute atomic E-state index is 0.0957. The van der Waals surface area contributed by atoms with E-state index in [-0.39, 0.29) is 12.6 Å². The van der Waals surface area contributed by atoms with Crippen LogP contribution in [0.5, 0.6) is 5.75 Å². The predicted molar refractivity (Wildman–Crippen MR) is 64.1 cm³/mol. The van der Waals surface area contributed by atoms with Crippen LogP contribution in [0.1, 0.15) is 12.5 Å². The van der Waals surface area contributed by atoms with Crippen molar-refractivity contribution in [2.75, 3.05) is 13.7 Å². The zero-order valence-corrected chi connectivity index (χ0v) is 10.5. The molecule has 3 nitrogen and oxygen atoms in total. The summed E-state index contributed by atoms with van der Waals surface area (Å²) in [6.07, 6.45) is 0. The average Bonchev–Trinajstić information content (AvgIpc) is 2.26. The summed E-state index contributed by atoms with van der Waals surface area (Å²) in [5.74, 6) is 0.849. The number of rotatable bonds is 5. The van der Waals surface area contributed by atoms with Gasteiger partial charge in [0.2, 0.25) is 0 Å². The summed E-state index contributed by atoms with van der Waals surface area (Å²) >= 11 is 3.39. The van der Waals surface area contributed by atoms with Gasteiger partial charge in [-0.2, -0.15) is 0 Å². The summed E-state index contributed by atoms with van der Waals surface area (Å²) in [6, 6.07) is 6.00. The molecule has 4 heteroatoms. The first kappa shape index (κ1) is 12.5. The number of hydrogen-bond acceptors (Lipinski definition) is 3. The molecule has 0 heterocycles. The van der Waals surface area contributed by atoms with Crippen LogP contribution in [-0.4, -0.2) is 24.9 Å². The lowest BCUT2D eigenvalue weighted by atomic mass is 10.2. The highest BCUT2D eigenvalue weighted by atomic mass is 79.9.